The number of halogens is 1. The summed E-state index contributed by atoms with van der Waals surface area (Å²) >= 11 is 0. The number of hydrogen-bond acceptors (Lipinski definition) is 3. The molecule has 0 aliphatic carbocycles. The lowest BCUT2D eigenvalue weighted by atomic mass is 10.2. The number of anilines is 1. The van der Waals surface area contributed by atoms with Crippen molar-refractivity contribution in [2.75, 3.05) is 37.6 Å². The zero-order valence-corrected chi connectivity index (χ0v) is 16.4. The van der Waals surface area contributed by atoms with Gasteiger partial charge in [0.2, 0.25) is 11.8 Å². The average Bonchev–Trinajstić information content (AvgIpc) is 2.77. The van der Waals surface area contributed by atoms with E-state index in [2.05, 4.69) is 22.3 Å². The van der Waals surface area contributed by atoms with E-state index in [1.807, 2.05) is 23.1 Å². The molecular formula is C23H26FN3O2. The largest absolute Gasteiger partial charge is 0.368 e. The minimum Gasteiger partial charge on any atom is -0.368 e. The summed E-state index contributed by atoms with van der Waals surface area (Å²) in [5, 5.41) is 2.77. The maximum absolute atomic E-state index is 12.9. The number of piperazine rings is 1. The van der Waals surface area contributed by atoms with Gasteiger partial charge in [-0.3, -0.25) is 9.59 Å². The summed E-state index contributed by atoms with van der Waals surface area (Å²) in [5.41, 5.74) is 1.95. The molecule has 1 saturated heterocycles. The van der Waals surface area contributed by atoms with E-state index < -0.39 is 0 Å². The van der Waals surface area contributed by atoms with Crippen LogP contribution in [0.4, 0.5) is 10.1 Å². The van der Waals surface area contributed by atoms with Crippen LogP contribution >= 0.6 is 0 Å². The third-order valence-corrected chi connectivity index (χ3v) is 4.92. The molecule has 1 aliphatic heterocycles. The van der Waals surface area contributed by atoms with Crippen LogP contribution in [0.5, 0.6) is 0 Å². The number of carbonyl (C=O) groups is 2. The summed E-state index contributed by atoms with van der Waals surface area (Å²) < 4.78 is 12.9. The molecule has 1 N–H and O–H groups in total. The molecule has 1 heterocycles. The van der Waals surface area contributed by atoms with Crippen LogP contribution in [0, 0.1) is 5.82 Å². The van der Waals surface area contributed by atoms with Gasteiger partial charge in [0.1, 0.15) is 5.82 Å². The van der Waals surface area contributed by atoms with Crippen molar-refractivity contribution < 1.29 is 14.0 Å². The number of amides is 2. The zero-order valence-electron chi connectivity index (χ0n) is 16.4. The first kappa shape index (κ1) is 20.6. The van der Waals surface area contributed by atoms with Gasteiger partial charge in [0.05, 0.1) is 0 Å². The first-order chi connectivity index (χ1) is 14.1. The van der Waals surface area contributed by atoms with E-state index in [1.165, 1.54) is 23.9 Å². The van der Waals surface area contributed by atoms with Crippen LogP contribution in [0.3, 0.4) is 0 Å². The lowest BCUT2D eigenvalue weighted by Gasteiger charge is -2.36. The van der Waals surface area contributed by atoms with Crippen molar-refractivity contribution in [1.29, 1.82) is 0 Å². The highest BCUT2D eigenvalue weighted by Gasteiger charge is 2.20. The van der Waals surface area contributed by atoms with Gasteiger partial charge in [-0.15, -0.1) is 0 Å². The van der Waals surface area contributed by atoms with Crippen LogP contribution in [-0.4, -0.2) is 49.4 Å². The Kier molecular flexibility index (Phi) is 7.39. The second-order valence-electron chi connectivity index (χ2n) is 6.98. The Hall–Kier alpha value is -3.15. The molecule has 2 amide bonds. The second kappa shape index (κ2) is 10.4. The fourth-order valence-corrected chi connectivity index (χ4v) is 3.27. The number of nitrogens with one attached hydrogen (secondary N) is 1. The van der Waals surface area contributed by atoms with Crippen molar-refractivity contribution >= 4 is 23.6 Å². The summed E-state index contributed by atoms with van der Waals surface area (Å²) in [6, 6.07) is 16.1. The number of rotatable bonds is 7. The first-order valence-corrected chi connectivity index (χ1v) is 9.91. The molecule has 5 nitrogen and oxygen atoms in total. The third kappa shape index (κ3) is 6.45. The lowest BCUT2D eigenvalue weighted by molar-refractivity contribution is -0.131. The van der Waals surface area contributed by atoms with Crippen LogP contribution in [0.25, 0.3) is 6.08 Å². The molecule has 0 unspecified atom stereocenters. The van der Waals surface area contributed by atoms with Crippen LogP contribution in [-0.2, 0) is 9.59 Å². The maximum Gasteiger partial charge on any atom is 0.243 e. The van der Waals surface area contributed by atoms with Gasteiger partial charge < -0.3 is 15.1 Å². The van der Waals surface area contributed by atoms with Gasteiger partial charge in [-0.25, -0.2) is 4.39 Å². The standard InChI is InChI=1S/C23H26FN3O2/c24-20-11-8-19(9-12-20)10-13-22(28)25-14-4-7-23(29)27-17-15-26(16-18-27)21-5-2-1-3-6-21/h1-3,5-6,8-13H,4,7,14-18H2,(H,25,28)/b13-10+. The van der Waals surface area contributed by atoms with Crippen molar-refractivity contribution in [2.45, 2.75) is 12.8 Å². The molecular weight excluding hydrogens is 369 g/mol. The topological polar surface area (TPSA) is 52.7 Å². The third-order valence-electron chi connectivity index (χ3n) is 4.92. The normalized spacial score (nSPS) is 14.2. The summed E-state index contributed by atoms with van der Waals surface area (Å²) in [7, 11) is 0. The average molecular weight is 395 g/mol. The van der Waals surface area contributed by atoms with Crippen molar-refractivity contribution in [3.63, 3.8) is 0 Å². The SMILES string of the molecule is O=C(/C=C/c1ccc(F)cc1)NCCCC(=O)N1CCN(c2ccccc2)CC1. The molecule has 152 valence electrons. The molecule has 6 heteroatoms. The van der Waals surface area contributed by atoms with Gasteiger partial charge in [-0.05, 0) is 42.3 Å². The predicted octanol–water partition coefficient (Wildman–Crippen LogP) is 3.08. The van der Waals surface area contributed by atoms with E-state index in [1.54, 1.807) is 18.2 Å². The van der Waals surface area contributed by atoms with Crippen LogP contribution in [0.2, 0.25) is 0 Å². The van der Waals surface area contributed by atoms with E-state index in [0.29, 0.717) is 19.4 Å². The molecule has 0 radical (unpaired) electrons. The van der Waals surface area contributed by atoms with Crippen molar-refractivity contribution in [1.82, 2.24) is 10.2 Å². The summed E-state index contributed by atoms with van der Waals surface area (Å²) in [6.45, 7) is 3.56. The van der Waals surface area contributed by atoms with Crippen molar-refractivity contribution in [3.8, 4) is 0 Å². The Bertz CT molecular complexity index is 829. The molecule has 0 saturated carbocycles. The molecule has 0 atom stereocenters. The van der Waals surface area contributed by atoms with E-state index >= 15 is 0 Å². The number of hydrogen-bond donors (Lipinski definition) is 1. The fraction of sp³-hybridized carbons (Fsp3) is 0.304. The predicted molar refractivity (Wildman–Crippen MR) is 113 cm³/mol. The minimum absolute atomic E-state index is 0.133. The second-order valence-corrected chi connectivity index (χ2v) is 6.98. The molecule has 0 aromatic heterocycles. The van der Waals surface area contributed by atoms with Gasteiger partial charge in [0.25, 0.3) is 0 Å². The summed E-state index contributed by atoms with van der Waals surface area (Å²) in [6.07, 6.45) is 4.07. The molecule has 1 fully saturated rings. The quantitative estimate of drug-likeness (QED) is 0.579. The molecule has 1 aliphatic rings. The number of para-hydroxylation sites is 1. The van der Waals surface area contributed by atoms with E-state index in [4.69, 9.17) is 0 Å². The Morgan fingerprint density at radius 1 is 0.966 bits per heavy atom. The number of nitrogens with zero attached hydrogens (tertiary/aromatic N) is 2. The van der Waals surface area contributed by atoms with Crippen molar-refractivity contribution in [3.05, 3.63) is 72.1 Å². The molecule has 2 aromatic carbocycles. The van der Waals surface area contributed by atoms with Crippen LogP contribution in [0.1, 0.15) is 18.4 Å². The van der Waals surface area contributed by atoms with Gasteiger partial charge in [0, 0.05) is 50.9 Å². The van der Waals surface area contributed by atoms with E-state index in [9.17, 15) is 14.0 Å². The van der Waals surface area contributed by atoms with Crippen LogP contribution in [0.15, 0.2) is 60.7 Å². The smallest absolute Gasteiger partial charge is 0.243 e. The van der Waals surface area contributed by atoms with E-state index in [0.717, 1.165) is 31.7 Å². The highest BCUT2D eigenvalue weighted by atomic mass is 19.1. The highest BCUT2D eigenvalue weighted by molar-refractivity contribution is 5.91. The number of benzene rings is 2. The molecule has 0 spiro atoms. The molecule has 29 heavy (non-hydrogen) atoms. The minimum atomic E-state index is -0.308. The van der Waals surface area contributed by atoms with Gasteiger partial charge in [0.15, 0.2) is 0 Å². The molecule has 2 aromatic rings. The van der Waals surface area contributed by atoms with Crippen molar-refractivity contribution in [2.24, 2.45) is 0 Å². The Labute approximate surface area is 170 Å². The van der Waals surface area contributed by atoms with E-state index in [-0.39, 0.29) is 17.6 Å². The maximum atomic E-state index is 12.9. The van der Waals surface area contributed by atoms with Gasteiger partial charge in [-0.1, -0.05) is 30.3 Å². The summed E-state index contributed by atoms with van der Waals surface area (Å²) in [4.78, 5) is 28.4. The Balaban J connectivity index is 1.32. The lowest BCUT2D eigenvalue weighted by Crippen LogP contribution is -2.48. The summed E-state index contributed by atoms with van der Waals surface area (Å²) in [5.74, 6) is -0.398. The van der Waals surface area contributed by atoms with Gasteiger partial charge in [-0.2, -0.15) is 0 Å². The Morgan fingerprint density at radius 3 is 2.34 bits per heavy atom. The highest BCUT2D eigenvalue weighted by Crippen LogP contribution is 2.16. The first-order valence-electron chi connectivity index (χ1n) is 9.91. The monoisotopic (exact) mass is 395 g/mol. The van der Waals surface area contributed by atoms with Crippen LogP contribution < -0.4 is 10.2 Å². The number of carbonyl (C=O) groups excluding carboxylic acids is 2. The van der Waals surface area contributed by atoms with Gasteiger partial charge >= 0.3 is 0 Å². The fourth-order valence-electron chi connectivity index (χ4n) is 3.27. The molecule has 0 bridgehead atoms. The Morgan fingerprint density at radius 2 is 1.66 bits per heavy atom. The molecule has 3 rings (SSSR count). The zero-order chi connectivity index (χ0) is 20.5.